The number of ether oxygens (including phenoxy) is 1. The van der Waals surface area contributed by atoms with Gasteiger partial charge in [0.1, 0.15) is 0 Å². The zero-order valence-corrected chi connectivity index (χ0v) is 15.0. The molecule has 0 spiro atoms. The molecule has 1 aliphatic carbocycles. The molecule has 7 heteroatoms. The summed E-state index contributed by atoms with van der Waals surface area (Å²) in [5.41, 5.74) is 0.111. The predicted molar refractivity (Wildman–Crippen MR) is 91.5 cm³/mol. The number of carbonyl (C=O) groups excluding carboxylic acids is 1. The van der Waals surface area contributed by atoms with Crippen molar-refractivity contribution in [1.29, 1.82) is 0 Å². The lowest BCUT2D eigenvalue weighted by atomic mass is 9.85. The molecule has 1 N–H and O–H groups in total. The molecule has 1 saturated carbocycles. The van der Waals surface area contributed by atoms with Gasteiger partial charge in [-0.15, -0.1) is 0 Å². The van der Waals surface area contributed by atoms with Crippen LogP contribution in [0.15, 0.2) is 6.20 Å². The second kappa shape index (κ2) is 7.15. The Kier molecular flexibility index (Phi) is 5.13. The van der Waals surface area contributed by atoms with Gasteiger partial charge in [0.2, 0.25) is 0 Å². The van der Waals surface area contributed by atoms with Crippen LogP contribution in [0.2, 0.25) is 0 Å². The number of carboxylic acid groups (broad SMARTS) is 1. The Morgan fingerprint density at radius 1 is 1.32 bits per heavy atom. The number of aryl methyl sites for hydroxylation is 1. The Morgan fingerprint density at radius 2 is 2.04 bits per heavy atom. The summed E-state index contributed by atoms with van der Waals surface area (Å²) in [5, 5.41) is 14.3. The molecule has 0 radical (unpaired) electrons. The number of carbonyl (C=O) groups is 2. The highest BCUT2D eigenvalue weighted by atomic mass is 16.5. The summed E-state index contributed by atoms with van der Waals surface area (Å²) >= 11 is 0. The molecule has 138 valence electrons. The topological polar surface area (TPSA) is 84.7 Å². The van der Waals surface area contributed by atoms with Crippen molar-refractivity contribution in [2.75, 3.05) is 20.3 Å². The highest BCUT2D eigenvalue weighted by Crippen LogP contribution is 2.36. The summed E-state index contributed by atoms with van der Waals surface area (Å²) < 4.78 is 6.84. The Hall–Kier alpha value is -1.89. The van der Waals surface area contributed by atoms with E-state index < -0.39 is 11.5 Å². The van der Waals surface area contributed by atoms with Crippen molar-refractivity contribution < 1.29 is 19.4 Å². The molecule has 3 rings (SSSR count). The SMILES string of the molecule is COCC1(C(=O)O)CCCN1C(=O)c1cn(C)nc1C1CCCCC1. The van der Waals surface area contributed by atoms with Gasteiger partial charge in [0.05, 0.1) is 17.9 Å². The predicted octanol–water partition coefficient (Wildman–Crippen LogP) is 2.17. The molecule has 2 heterocycles. The number of aliphatic carboxylic acids is 1. The first-order valence-corrected chi connectivity index (χ1v) is 9.07. The standard InChI is InChI=1S/C18H27N3O4/c1-20-11-14(15(19-20)13-7-4-3-5-8-13)16(22)21-10-6-9-18(21,12-25-2)17(23)24/h11,13H,3-10,12H2,1-2H3,(H,23,24). The van der Waals surface area contributed by atoms with E-state index in [2.05, 4.69) is 5.10 Å². The second-order valence-electron chi connectivity index (χ2n) is 7.27. The fourth-order valence-electron chi connectivity index (χ4n) is 4.34. The van der Waals surface area contributed by atoms with Gasteiger partial charge in [-0.3, -0.25) is 9.48 Å². The molecule has 0 aromatic carbocycles. The molecule has 1 atom stereocenters. The van der Waals surface area contributed by atoms with Gasteiger partial charge in [0.15, 0.2) is 5.54 Å². The van der Waals surface area contributed by atoms with Crippen LogP contribution in [0.4, 0.5) is 0 Å². The molecule has 1 amide bonds. The number of rotatable bonds is 5. The van der Waals surface area contributed by atoms with E-state index in [1.807, 2.05) is 7.05 Å². The Morgan fingerprint density at radius 3 is 2.68 bits per heavy atom. The first kappa shape index (κ1) is 17.9. The van der Waals surface area contributed by atoms with Crippen LogP contribution in [0.1, 0.15) is 66.9 Å². The van der Waals surface area contributed by atoms with Gasteiger partial charge in [-0.05, 0) is 25.7 Å². The minimum Gasteiger partial charge on any atom is -0.479 e. The molecule has 1 saturated heterocycles. The number of amides is 1. The maximum atomic E-state index is 13.3. The van der Waals surface area contributed by atoms with Crippen LogP contribution < -0.4 is 0 Å². The van der Waals surface area contributed by atoms with Crippen LogP contribution >= 0.6 is 0 Å². The van der Waals surface area contributed by atoms with Crippen molar-refractivity contribution in [3.8, 4) is 0 Å². The van der Waals surface area contributed by atoms with Crippen LogP contribution in [0.25, 0.3) is 0 Å². The summed E-state index contributed by atoms with van der Waals surface area (Å²) in [4.78, 5) is 26.7. The van der Waals surface area contributed by atoms with Crippen LogP contribution in [-0.2, 0) is 16.6 Å². The van der Waals surface area contributed by atoms with Crippen molar-refractivity contribution in [3.63, 3.8) is 0 Å². The van der Waals surface area contributed by atoms with Crippen molar-refractivity contribution in [3.05, 3.63) is 17.5 Å². The molecule has 0 bridgehead atoms. The first-order valence-electron chi connectivity index (χ1n) is 9.07. The normalized spacial score (nSPS) is 24.6. The van der Waals surface area contributed by atoms with Gasteiger partial charge in [0.25, 0.3) is 5.91 Å². The maximum Gasteiger partial charge on any atom is 0.332 e. The van der Waals surface area contributed by atoms with Crippen LogP contribution in [0.3, 0.4) is 0 Å². The van der Waals surface area contributed by atoms with Gasteiger partial charge < -0.3 is 14.7 Å². The Labute approximate surface area is 147 Å². The van der Waals surface area contributed by atoms with E-state index in [1.165, 1.54) is 18.4 Å². The highest BCUT2D eigenvalue weighted by Gasteiger charge is 2.51. The Balaban J connectivity index is 1.93. The molecule has 2 fully saturated rings. The quantitative estimate of drug-likeness (QED) is 0.881. The molecular weight excluding hydrogens is 322 g/mol. The van der Waals surface area contributed by atoms with Crippen molar-refractivity contribution >= 4 is 11.9 Å². The minimum atomic E-state index is -1.27. The van der Waals surface area contributed by atoms with Gasteiger partial charge in [-0.1, -0.05) is 19.3 Å². The van der Waals surface area contributed by atoms with Crippen molar-refractivity contribution in [2.45, 2.75) is 56.4 Å². The fraction of sp³-hybridized carbons (Fsp3) is 0.722. The van der Waals surface area contributed by atoms with E-state index >= 15 is 0 Å². The molecular formula is C18H27N3O4. The highest BCUT2D eigenvalue weighted by molar-refractivity contribution is 5.99. The first-order chi connectivity index (χ1) is 12.0. The van der Waals surface area contributed by atoms with E-state index in [1.54, 1.807) is 10.9 Å². The molecule has 2 aliphatic rings. The van der Waals surface area contributed by atoms with E-state index in [0.717, 1.165) is 31.4 Å². The number of carboxylic acids is 1. The maximum absolute atomic E-state index is 13.3. The third kappa shape index (κ3) is 3.17. The molecule has 7 nitrogen and oxygen atoms in total. The van der Waals surface area contributed by atoms with Crippen molar-refractivity contribution in [2.24, 2.45) is 7.05 Å². The van der Waals surface area contributed by atoms with Crippen molar-refractivity contribution in [1.82, 2.24) is 14.7 Å². The average Bonchev–Trinajstić information content (AvgIpc) is 3.20. The summed E-state index contributed by atoms with van der Waals surface area (Å²) in [6, 6.07) is 0. The lowest BCUT2D eigenvalue weighted by Crippen LogP contribution is -2.56. The monoisotopic (exact) mass is 349 g/mol. The number of hydrogen-bond acceptors (Lipinski definition) is 4. The number of aromatic nitrogens is 2. The second-order valence-corrected chi connectivity index (χ2v) is 7.27. The summed E-state index contributed by atoms with van der Waals surface area (Å²) in [5.74, 6) is -0.938. The molecule has 1 aromatic heterocycles. The zero-order valence-electron chi connectivity index (χ0n) is 15.0. The van der Waals surface area contributed by atoms with Crippen LogP contribution in [0, 0.1) is 0 Å². The summed E-state index contributed by atoms with van der Waals surface area (Å²) in [6.07, 6.45) is 8.45. The number of methoxy groups -OCH3 is 1. The van der Waals surface area contributed by atoms with E-state index in [9.17, 15) is 14.7 Å². The molecule has 1 aromatic rings. The Bertz CT molecular complexity index is 651. The van der Waals surface area contributed by atoms with Gasteiger partial charge in [-0.25, -0.2) is 4.79 Å². The minimum absolute atomic E-state index is 0.00704. The van der Waals surface area contributed by atoms with E-state index in [-0.39, 0.29) is 18.4 Å². The number of nitrogens with zero attached hydrogens (tertiary/aromatic N) is 3. The van der Waals surface area contributed by atoms with Crippen LogP contribution in [0.5, 0.6) is 0 Å². The molecule has 1 unspecified atom stereocenters. The smallest absolute Gasteiger partial charge is 0.332 e. The van der Waals surface area contributed by atoms with Gasteiger partial charge >= 0.3 is 5.97 Å². The van der Waals surface area contributed by atoms with Gasteiger partial charge in [-0.2, -0.15) is 5.10 Å². The summed E-state index contributed by atoms with van der Waals surface area (Å²) in [7, 11) is 3.29. The third-order valence-corrected chi connectivity index (χ3v) is 5.59. The summed E-state index contributed by atoms with van der Waals surface area (Å²) in [6.45, 7) is 0.445. The third-order valence-electron chi connectivity index (χ3n) is 5.59. The fourth-order valence-corrected chi connectivity index (χ4v) is 4.34. The van der Waals surface area contributed by atoms with E-state index in [0.29, 0.717) is 24.9 Å². The lowest BCUT2D eigenvalue weighted by molar-refractivity contribution is -0.151. The van der Waals surface area contributed by atoms with Gasteiger partial charge in [0, 0.05) is 32.8 Å². The van der Waals surface area contributed by atoms with E-state index in [4.69, 9.17) is 4.74 Å². The number of hydrogen-bond donors (Lipinski definition) is 1. The molecule has 25 heavy (non-hydrogen) atoms. The number of likely N-dealkylation sites (tertiary alicyclic amines) is 1. The zero-order chi connectivity index (χ0) is 18.0. The largest absolute Gasteiger partial charge is 0.479 e. The molecule has 1 aliphatic heterocycles. The average molecular weight is 349 g/mol. The van der Waals surface area contributed by atoms with Crippen LogP contribution in [-0.4, -0.2) is 57.5 Å². The lowest BCUT2D eigenvalue weighted by Gasteiger charge is -2.34.